The van der Waals surface area contributed by atoms with E-state index in [1.807, 2.05) is 12.2 Å². The van der Waals surface area contributed by atoms with E-state index < -0.39 is 0 Å². The third kappa shape index (κ3) is 1.17. The van der Waals surface area contributed by atoms with Gasteiger partial charge in [-0.2, -0.15) is 5.10 Å². The number of hydrogen-bond acceptors (Lipinski definition) is 2. The van der Waals surface area contributed by atoms with Gasteiger partial charge in [-0.15, -0.1) is 0 Å². The number of carbonyl (C=O) groups is 1. The molecule has 2 aliphatic rings. The fraction of sp³-hybridized carbons (Fsp3) is 0.143. The van der Waals surface area contributed by atoms with Crippen LogP contribution < -0.4 is 5.43 Å². The van der Waals surface area contributed by atoms with Crippen LogP contribution in [0.15, 0.2) is 26.2 Å². The summed E-state index contributed by atoms with van der Waals surface area (Å²) in [7, 11) is 0. The molecule has 0 unspecified atom stereocenters. The van der Waals surface area contributed by atoms with Crippen LogP contribution in [0, 0.1) is 5.92 Å². The van der Waals surface area contributed by atoms with Crippen molar-refractivity contribution in [1.82, 2.24) is 5.43 Å². The molecule has 12 heavy (non-hydrogen) atoms. The van der Waals surface area contributed by atoms with Crippen LogP contribution >= 0.6 is 31.9 Å². The summed E-state index contributed by atoms with van der Waals surface area (Å²) in [5.41, 5.74) is 3.18. The first-order valence-corrected chi connectivity index (χ1v) is 4.89. The van der Waals surface area contributed by atoms with E-state index in [0.29, 0.717) is 0 Å². The predicted molar refractivity (Wildman–Crippen MR) is 53.1 cm³/mol. The van der Waals surface area contributed by atoms with E-state index in [1.54, 1.807) is 0 Å². The minimum atomic E-state index is -0.244. The Labute approximate surface area is 85.8 Å². The average molecular weight is 292 g/mol. The van der Waals surface area contributed by atoms with Gasteiger partial charge in [-0.05, 0) is 12.2 Å². The number of halogens is 2. The van der Waals surface area contributed by atoms with Crippen LogP contribution in [0.3, 0.4) is 0 Å². The Balaban J connectivity index is 2.46. The molecule has 1 heterocycles. The standard InChI is InChI=1S/C7H4Br2N2O/c8-3-1-4(9)6-5(2-3)10-11-7(6)12/h1-2,6H,(H,11,12)/t6-/m0/s1. The zero-order valence-corrected chi connectivity index (χ0v) is 9.02. The number of hydrazone groups is 1. The first kappa shape index (κ1) is 8.19. The smallest absolute Gasteiger partial charge is 0.254 e. The molecule has 0 aromatic carbocycles. The number of fused-ring (bicyclic) bond motifs is 1. The number of carbonyl (C=O) groups excluding carboxylic acids is 1. The lowest BCUT2D eigenvalue weighted by atomic mass is 9.99. The Bertz CT molecular complexity index is 343. The quantitative estimate of drug-likeness (QED) is 0.725. The molecule has 0 aromatic rings. The van der Waals surface area contributed by atoms with Crippen molar-refractivity contribution in [3.63, 3.8) is 0 Å². The fourth-order valence-electron chi connectivity index (χ4n) is 1.16. The van der Waals surface area contributed by atoms with Crippen molar-refractivity contribution in [2.75, 3.05) is 0 Å². The van der Waals surface area contributed by atoms with Crippen LogP contribution in [0.5, 0.6) is 0 Å². The summed E-state index contributed by atoms with van der Waals surface area (Å²) in [6.07, 6.45) is 3.68. The molecule has 0 spiro atoms. The topological polar surface area (TPSA) is 41.5 Å². The van der Waals surface area contributed by atoms with Gasteiger partial charge in [-0.25, -0.2) is 5.43 Å². The van der Waals surface area contributed by atoms with E-state index >= 15 is 0 Å². The highest BCUT2D eigenvalue weighted by atomic mass is 79.9. The van der Waals surface area contributed by atoms with Gasteiger partial charge in [-0.3, -0.25) is 4.79 Å². The number of amides is 1. The molecule has 0 saturated heterocycles. The molecule has 5 heteroatoms. The van der Waals surface area contributed by atoms with E-state index in [2.05, 4.69) is 42.4 Å². The Hall–Kier alpha value is -0.420. The highest BCUT2D eigenvalue weighted by Gasteiger charge is 2.33. The van der Waals surface area contributed by atoms with Crippen LogP contribution in [0.4, 0.5) is 0 Å². The van der Waals surface area contributed by atoms with Crippen LogP contribution in [-0.2, 0) is 4.79 Å². The average Bonchev–Trinajstić information content (AvgIpc) is 2.31. The molecule has 1 aliphatic heterocycles. The number of nitrogens with one attached hydrogen (secondary N) is 1. The molecule has 0 fully saturated rings. The third-order valence-corrected chi connectivity index (χ3v) is 2.84. The molecule has 1 amide bonds. The molecular weight excluding hydrogens is 288 g/mol. The second-order valence-corrected chi connectivity index (χ2v) is 4.34. The zero-order chi connectivity index (χ0) is 8.72. The van der Waals surface area contributed by atoms with E-state index in [1.165, 1.54) is 0 Å². The third-order valence-electron chi connectivity index (χ3n) is 1.69. The lowest BCUT2D eigenvalue weighted by Gasteiger charge is -2.11. The van der Waals surface area contributed by atoms with Crippen LogP contribution in [0.25, 0.3) is 0 Å². The highest BCUT2D eigenvalue weighted by Crippen LogP contribution is 2.31. The summed E-state index contributed by atoms with van der Waals surface area (Å²) in [4.78, 5) is 11.2. The Morgan fingerprint density at radius 2 is 2.17 bits per heavy atom. The highest BCUT2D eigenvalue weighted by molar-refractivity contribution is 9.12. The Kier molecular flexibility index (Phi) is 1.92. The summed E-state index contributed by atoms with van der Waals surface area (Å²) in [5, 5.41) is 3.88. The van der Waals surface area contributed by atoms with Crippen molar-refractivity contribution in [2.24, 2.45) is 11.0 Å². The predicted octanol–water partition coefficient (Wildman–Crippen LogP) is 1.66. The van der Waals surface area contributed by atoms with Crippen molar-refractivity contribution in [3.05, 3.63) is 21.1 Å². The molecule has 0 aromatic heterocycles. The van der Waals surface area contributed by atoms with Gasteiger partial charge in [0, 0.05) is 8.96 Å². The number of rotatable bonds is 0. The van der Waals surface area contributed by atoms with Crippen molar-refractivity contribution in [2.45, 2.75) is 0 Å². The van der Waals surface area contributed by atoms with Gasteiger partial charge in [0.1, 0.15) is 5.92 Å². The lowest BCUT2D eigenvalue weighted by Crippen LogP contribution is -2.23. The van der Waals surface area contributed by atoms with Crippen molar-refractivity contribution in [1.29, 1.82) is 0 Å². The minimum Gasteiger partial charge on any atom is -0.272 e. The molecule has 0 saturated carbocycles. The van der Waals surface area contributed by atoms with E-state index in [9.17, 15) is 4.79 Å². The van der Waals surface area contributed by atoms with E-state index in [0.717, 1.165) is 14.7 Å². The summed E-state index contributed by atoms with van der Waals surface area (Å²) in [5.74, 6) is -0.323. The number of allylic oxidation sites excluding steroid dienone is 3. The molecule has 1 N–H and O–H groups in total. The normalized spacial score (nSPS) is 27.0. The molecule has 1 atom stereocenters. The maximum Gasteiger partial charge on any atom is 0.254 e. The minimum absolute atomic E-state index is 0.0793. The molecular formula is C7H4Br2N2O. The SMILES string of the molecule is O=C1NN=C2C=C(Br)C=C(Br)[C@H]12. The molecule has 1 aliphatic carbocycles. The van der Waals surface area contributed by atoms with Gasteiger partial charge >= 0.3 is 0 Å². The van der Waals surface area contributed by atoms with Gasteiger partial charge in [0.2, 0.25) is 0 Å². The van der Waals surface area contributed by atoms with Crippen LogP contribution in [-0.4, -0.2) is 11.6 Å². The number of hydrogen-bond donors (Lipinski definition) is 1. The second kappa shape index (κ2) is 2.81. The van der Waals surface area contributed by atoms with Crippen molar-refractivity contribution in [3.8, 4) is 0 Å². The molecule has 3 nitrogen and oxygen atoms in total. The van der Waals surface area contributed by atoms with Gasteiger partial charge in [-0.1, -0.05) is 31.9 Å². The summed E-state index contributed by atoms with van der Waals surface area (Å²) >= 11 is 6.64. The van der Waals surface area contributed by atoms with Crippen LogP contribution in [0.1, 0.15) is 0 Å². The zero-order valence-electron chi connectivity index (χ0n) is 5.84. The first-order chi connectivity index (χ1) is 5.68. The van der Waals surface area contributed by atoms with Crippen molar-refractivity contribution < 1.29 is 4.79 Å². The summed E-state index contributed by atoms with van der Waals surface area (Å²) in [6.45, 7) is 0. The number of nitrogens with zero attached hydrogens (tertiary/aromatic N) is 1. The Morgan fingerprint density at radius 1 is 1.42 bits per heavy atom. The molecule has 62 valence electrons. The van der Waals surface area contributed by atoms with Gasteiger partial charge in [0.25, 0.3) is 5.91 Å². The maximum absolute atomic E-state index is 11.2. The monoisotopic (exact) mass is 290 g/mol. The van der Waals surface area contributed by atoms with Gasteiger partial charge < -0.3 is 0 Å². The van der Waals surface area contributed by atoms with Gasteiger partial charge in [0.05, 0.1) is 5.71 Å². The first-order valence-electron chi connectivity index (χ1n) is 3.30. The van der Waals surface area contributed by atoms with Gasteiger partial charge in [0.15, 0.2) is 0 Å². The van der Waals surface area contributed by atoms with Crippen molar-refractivity contribution >= 4 is 43.5 Å². The lowest BCUT2D eigenvalue weighted by molar-refractivity contribution is -0.121. The largest absolute Gasteiger partial charge is 0.272 e. The summed E-state index contributed by atoms with van der Waals surface area (Å²) < 4.78 is 1.76. The molecule has 0 bridgehead atoms. The Morgan fingerprint density at radius 3 is 2.92 bits per heavy atom. The van der Waals surface area contributed by atoms with E-state index in [4.69, 9.17) is 0 Å². The summed E-state index contributed by atoms with van der Waals surface area (Å²) in [6, 6.07) is 0. The molecule has 2 rings (SSSR count). The fourth-order valence-corrected chi connectivity index (χ4v) is 2.64. The molecule has 0 radical (unpaired) electrons. The van der Waals surface area contributed by atoms with Crippen LogP contribution in [0.2, 0.25) is 0 Å². The maximum atomic E-state index is 11.2. The second-order valence-electron chi connectivity index (χ2n) is 2.50. The van der Waals surface area contributed by atoms with E-state index in [-0.39, 0.29) is 11.8 Å².